The zero-order valence-corrected chi connectivity index (χ0v) is 18.2. The highest BCUT2D eigenvalue weighted by Crippen LogP contribution is 2.33. The zero-order valence-electron chi connectivity index (χ0n) is 17.4. The van der Waals surface area contributed by atoms with Crippen molar-refractivity contribution >= 4 is 34.6 Å². The third-order valence-electron chi connectivity index (χ3n) is 5.28. The number of anilines is 2. The number of fused-ring (bicyclic) bond motifs is 1. The van der Waals surface area contributed by atoms with Crippen LogP contribution in [-0.4, -0.2) is 57.4 Å². The number of hydrogen-bond donors (Lipinski definition) is 1. The van der Waals surface area contributed by atoms with Crippen LogP contribution in [0.25, 0.3) is 0 Å². The van der Waals surface area contributed by atoms with Gasteiger partial charge in [0.2, 0.25) is 5.91 Å². The van der Waals surface area contributed by atoms with Crippen LogP contribution in [-0.2, 0) is 27.2 Å². The molecule has 2 amide bonds. The summed E-state index contributed by atoms with van der Waals surface area (Å²) in [5, 5.41) is 0. The number of likely N-dealkylation sites (tertiary alicyclic amines) is 1. The molecule has 1 saturated heterocycles. The van der Waals surface area contributed by atoms with Gasteiger partial charge < -0.3 is 14.5 Å². The number of carbonyl (C=O) groups excluding carboxylic acids is 2. The summed E-state index contributed by atoms with van der Waals surface area (Å²) in [6.45, 7) is 6.42. The Morgan fingerprint density at radius 2 is 1.90 bits per heavy atom. The molecule has 1 aromatic rings. The van der Waals surface area contributed by atoms with E-state index in [0.717, 1.165) is 11.3 Å². The van der Waals surface area contributed by atoms with Crippen LogP contribution in [0.15, 0.2) is 18.2 Å². The minimum Gasteiger partial charge on any atom is -0.444 e. The summed E-state index contributed by atoms with van der Waals surface area (Å²) in [7, 11) is 1.74. The van der Waals surface area contributed by atoms with Gasteiger partial charge in [-0.15, -0.1) is 0 Å². The molecule has 3 rings (SSSR count). The van der Waals surface area contributed by atoms with E-state index in [1.807, 2.05) is 32.9 Å². The fraction of sp³-hybridized carbons (Fsp3) is 0.600. The van der Waals surface area contributed by atoms with Crippen molar-refractivity contribution in [3.63, 3.8) is 0 Å². The molecule has 1 N–H and O–H groups in total. The number of hydrogen-bond acceptors (Lipinski definition) is 4. The molecule has 2 aliphatic rings. The molecule has 1 fully saturated rings. The monoisotopic (exact) mass is 423 g/mol. The standard InChI is InChI=1S/C20H29N3O5S/c1-20(2,3)28-19(25)22-11-9-15(10-12-22)23(29(26)27)16-6-7-17-14(13-16)5-8-18(24)21(17)4/h6-7,13,15H,5,8-12H2,1-4H3,(H,26,27). The van der Waals surface area contributed by atoms with Crippen LogP contribution >= 0.6 is 0 Å². The average molecular weight is 424 g/mol. The van der Waals surface area contributed by atoms with E-state index in [1.165, 1.54) is 4.31 Å². The van der Waals surface area contributed by atoms with Gasteiger partial charge in [-0.2, -0.15) is 0 Å². The predicted molar refractivity (Wildman–Crippen MR) is 112 cm³/mol. The molecule has 0 aliphatic carbocycles. The molecule has 0 radical (unpaired) electrons. The van der Waals surface area contributed by atoms with Crippen molar-refractivity contribution in [3.05, 3.63) is 23.8 Å². The molecular formula is C20H29N3O5S. The average Bonchev–Trinajstić information content (AvgIpc) is 2.64. The molecule has 1 atom stereocenters. The second-order valence-corrected chi connectivity index (χ2v) is 9.38. The Kier molecular flexibility index (Phi) is 6.19. The van der Waals surface area contributed by atoms with Crippen molar-refractivity contribution in [2.75, 3.05) is 29.3 Å². The number of amides is 2. The smallest absolute Gasteiger partial charge is 0.410 e. The summed E-state index contributed by atoms with van der Waals surface area (Å²) in [4.78, 5) is 27.4. The van der Waals surface area contributed by atoms with Gasteiger partial charge >= 0.3 is 6.09 Å². The molecule has 0 spiro atoms. The third kappa shape index (κ3) is 4.90. The van der Waals surface area contributed by atoms with E-state index in [1.54, 1.807) is 22.9 Å². The largest absolute Gasteiger partial charge is 0.444 e. The lowest BCUT2D eigenvalue weighted by Crippen LogP contribution is -2.48. The summed E-state index contributed by atoms with van der Waals surface area (Å²) in [6, 6.07) is 5.34. The van der Waals surface area contributed by atoms with Gasteiger partial charge in [0.15, 0.2) is 0 Å². The first-order valence-electron chi connectivity index (χ1n) is 9.84. The van der Waals surface area contributed by atoms with Gasteiger partial charge in [0, 0.05) is 38.3 Å². The second kappa shape index (κ2) is 8.31. The Bertz CT molecular complexity index is 815. The molecule has 29 heavy (non-hydrogen) atoms. The molecule has 2 aliphatic heterocycles. The lowest BCUT2D eigenvalue weighted by atomic mass is 10.00. The second-order valence-electron chi connectivity index (χ2n) is 8.52. The van der Waals surface area contributed by atoms with Crippen molar-refractivity contribution in [1.82, 2.24) is 4.90 Å². The molecule has 0 bridgehead atoms. The van der Waals surface area contributed by atoms with E-state index in [0.29, 0.717) is 44.5 Å². The number of benzene rings is 1. The molecular weight excluding hydrogens is 394 g/mol. The number of aryl methyl sites for hydroxylation is 1. The molecule has 160 valence electrons. The normalized spacial score (nSPS) is 19.0. The number of ether oxygens (including phenoxy) is 1. The summed E-state index contributed by atoms with van der Waals surface area (Å²) >= 11 is -2.19. The fourth-order valence-corrected chi connectivity index (χ4v) is 4.58. The topological polar surface area (TPSA) is 90.4 Å². The van der Waals surface area contributed by atoms with Crippen molar-refractivity contribution in [2.24, 2.45) is 0 Å². The van der Waals surface area contributed by atoms with E-state index in [2.05, 4.69) is 0 Å². The van der Waals surface area contributed by atoms with E-state index < -0.39 is 16.9 Å². The maximum absolute atomic E-state index is 12.3. The first-order valence-corrected chi connectivity index (χ1v) is 10.9. The predicted octanol–water partition coefficient (Wildman–Crippen LogP) is 2.94. The lowest BCUT2D eigenvalue weighted by molar-refractivity contribution is -0.118. The molecule has 9 heteroatoms. The van der Waals surface area contributed by atoms with Crippen LogP contribution in [0.1, 0.15) is 45.6 Å². The summed E-state index contributed by atoms with van der Waals surface area (Å²) in [5.41, 5.74) is 1.94. The Balaban J connectivity index is 1.73. The SMILES string of the molecule is CN1C(=O)CCc2cc(N(C3CCN(C(=O)OC(C)(C)C)CC3)S(=O)O)ccc21. The maximum Gasteiger partial charge on any atom is 0.410 e. The fourth-order valence-electron chi connectivity index (χ4n) is 3.82. The van der Waals surface area contributed by atoms with Crippen molar-refractivity contribution in [3.8, 4) is 0 Å². The van der Waals surface area contributed by atoms with Gasteiger partial charge in [0.1, 0.15) is 5.60 Å². The minimum absolute atomic E-state index is 0.0716. The zero-order chi connectivity index (χ0) is 21.3. The van der Waals surface area contributed by atoms with E-state index in [4.69, 9.17) is 4.74 Å². The van der Waals surface area contributed by atoms with Gasteiger partial charge in [0.25, 0.3) is 11.3 Å². The van der Waals surface area contributed by atoms with Crippen molar-refractivity contribution < 1.29 is 23.1 Å². The number of piperidine rings is 1. The molecule has 0 aromatic heterocycles. The maximum atomic E-state index is 12.3. The Morgan fingerprint density at radius 3 is 2.48 bits per heavy atom. The van der Waals surface area contributed by atoms with Gasteiger partial charge in [-0.3, -0.25) is 13.7 Å². The third-order valence-corrected chi connectivity index (χ3v) is 6.12. The van der Waals surface area contributed by atoms with Crippen molar-refractivity contribution in [1.29, 1.82) is 0 Å². The van der Waals surface area contributed by atoms with Gasteiger partial charge in [-0.25, -0.2) is 9.00 Å². The summed E-state index contributed by atoms with van der Waals surface area (Å²) in [6.07, 6.45) is 1.84. The van der Waals surface area contributed by atoms with E-state index in [9.17, 15) is 18.4 Å². The highest BCUT2D eigenvalue weighted by molar-refractivity contribution is 7.80. The van der Waals surface area contributed by atoms with Crippen LogP contribution < -0.4 is 9.21 Å². The van der Waals surface area contributed by atoms with E-state index in [-0.39, 0.29) is 18.0 Å². The van der Waals surface area contributed by atoms with E-state index >= 15 is 0 Å². The van der Waals surface area contributed by atoms with Crippen LogP contribution in [0.4, 0.5) is 16.2 Å². The lowest BCUT2D eigenvalue weighted by Gasteiger charge is -2.38. The van der Waals surface area contributed by atoms with Gasteiger partial charge in [0.05, 0.1) is 5.69 Å². The molecule has 2 heterocycles. The van der Waals surface area contributed by atoms with Crippen LogP contribution in [0.5, 0.6) is 0 Å². The van der Waals surface area contributed by atoms with Crippen LogP contribution in [0.3, 0.4) is 0 Å². The Labute approximate surface area is 174 Å². The first-order chi connectivity index (χ1) is 13.6. The molecule has 1 unspecified atom stereocenters. The summed E-state index contributed by atoms with van der Waals surface area (Å²) < 4.78 is 29.0. The minimum atomic E-state index is -2.19. The molecule has 1 aromatic carbocycles. The summed E-state index contributed by atoms with van der Waals surface area (Å²) in [5.74, 6) is 0.0716. The Hall–Kier alpha value is -2.13. The first kappa shape index (κ1) is 21.6. The van der Waals surface area contributed by atoms with Crippen LogP contribution in [0, 0.1) is 0 Å². The number of rotatable bonds is 3. The van der Waals surface area contributed by atoms with Crippen LogP contribution in [0.2, 0.25) is 0 Å². The Morgan fingerprint density at radius 1 is 1.24 bits per heavy atom. The molecule has 0 saturated carbocycles. The number of carbonyl (C=O) groups is 2. The van der Waals surface area contributed by atoms with Gasteiger partial charge in [-0.1, -0.05) is 0 Å². The number of nitrogens with zero attached hydrogens (tertiary/aromatic N) is 3. The quantitative estimate of drug-likeness (QED) is 0.755. The van der Waals surface area contributed by atoms with Crippen molar-refractivity contribution in [2.45, 2.75) is 58.1 Å². The highest BCUT2D eigenvalue weighted by Gasteiger charge is 2.32. The molecule has 8 nitrogen and oxygen atoms in total. The highest BCUT2D eigenvalue weighted by atomic mass is 32.2. The van der Waals surface area contributed by atoms with Gasteiger partial charge in [-0.05, 0) is 63.8 Å².